The number of aromatic hydroxyl groups is 1. The molecule has 0 aromatic heterocycles. The highest BCUT2D eigenvalue weighted by Gasteiger charge is 2.21. The molecule has 0 amide bonds. The van der Waals surface area contributed by atoms with Gasteiger partial charge in [-0.05, 0) is 19.1 Å². The molecule has 1 unspecified atom stereocenters. The molecule has 1 aromatic carbocycles. The Kier molecular flexibility index (Phi) is 3.30. The largest absolute Gasteiger partial charge is 0.508 e. The molecule has 4 heteroatoms. The van der Waals surface area contributed by atoms with E-state index in [1.807, 2.05) is 0 Å². The highest BCUT2D eigenvalue weighted by atomic mass is 19.1. The standard InChI is InChI=1S/C10H14FNO2/c1-10(11,6-12)7-14-9-4-2-3-8(13)5-9/h2-5,13H,6-7,12H2,1H3. The van der Waals surface area contributed by atoms with Crippen LogP contribution in [0.1, 0.15) is 6.92 Å². The Bertz CT molecular complexity index is 302. The Balaban J connectivity index is 2.54. The van der Waals surface area contributed by atoms with Gasteiger partial charge in [0.1, 0.15) is 18.1 Å². The fraction of sp³-hybridized carbons (Fsp3) is 0.400. The molecular weight excluding hydrogens is 185 g/mol. The predicted molar refractivity (Wildman–Crippen MR) is 52.2 cm³/mol. The van der Waals surface area contributed by atoms with Crippen LogP contribution < -0.4 is 10.5 Å². The molecule has 0 saturated heterocycles. The molecule has 1 aromatic rings. The average Bonchev–Trinajstić information content (AvgIpc) is 2.15. The van der Waals surface area contributed by atoms with Gasteiger partial charge in [-0.1, -0.05) is 6.07 Å². The summed E-state index contributed by atoms with van der Waals surface area (Å²) >= 11 is 0. The molecule has 0 radical (unpaired) electrons. The SMILES string of the molecule is CC(F)(CN)COc1cccc(O)c1. The van der Waals surface area contributed by atoms with Gasteiger partial charge < -0.3 is 15.6 Å². The van der Waals surface area contributed by atoms with Gasteiger partial charge in [-0.15, -0.1) is 0 Å². The van der Waals surface area contributed by atoms with Crippen LogP contribution in [0.5, 0.6) is 11.5 Å². The second-order valence-electron chi connectivity index (χ2n) is 3.40. The van der Waals surface area contributed by atoms with Gasteiger partial charge in [0.2, 0.25) is 0 Å². The molecule has 0 heterocycles. The maximum atomic E-state index is 13.3. The molecular formula is C10H14FNO2. The third-order valence-corrected chi connectivity index (χ3v) is 1.78. The van der Waals surface area contributed by atoms with Crippen molar-refractivity contribution in [2.45, 2.75) is 12.6 Å². The summed E-state index contributed by atoms with van der Waals surface area (Å²) in [6.45, 7) is 1.16. The summed E-state index contributed by atoms with van der Waals surface area (Å²) in [4.78, 5) is 0. The minimum absolute atomic E-state index is 0.0915. The summed E-state index contributed by atoms with van der Waals surface area (Å²) in [5.41, 5.74) is 3.66. The van der Waals surface area contributed by atoms with Gasteiger partial charge >= 0.3 is 0 Å². The van der Waals surface area contributed by atoms with Crippen LogP contribution >= 0.6 is 0 Å². The minimum Gasteiger partial charge on any atom is -0.508 e. The zero-order valence-corrected chi connectivity index (χ0v) is 8.03. The fourth-order valence-electron chi connectivity index (χ4n) is 0.866. The first-order valence-electron chi connectivity index (χ1n) is 4.34. The summed E-state index contributed by atoms with van der Waals surface area (Å²) in [7, 11) is 0. The van der Waals surface area contributed by atoms with E-state index in [0.717, 1.165) is 0 Å². The average molecular weight is 199 g/mol. The van der Waals surface area contributed by atoms with Crippen molar-refractivity contribution < 1.29 is 14.2 Å². The van der Waals surface area contributed by atoms with Crippen molar-refractivity contribution in [2.24, 2.45) is 5.73 Å². The molecule has 0 bridgehead atoms. The van der Waals surface area contributed by atoms with Crippen LogP contribution in [0.4, 0.5) is 4.39 Å². The quantitative estimate of drug-likeness (QED) is 0.771. The van der Waals surface area contributed by atoms with Crippen LogP contribution in [0.2, 0.25) is 0 Å². The van der Waals surface area contributed by atoms with Gasteiger partial charge in [0.25, 0.3) is 0 Å². The number of ether oxygens (including phenoxy) is 1. The molecule has 3 N–H and O–H groups in total. The van der Waals surface area contributed by atoms with E-state index in [4.69, 9.17) is 15.6 Å². The predicted octanol–water partition coefficient (Wildman–Crippen LogP) is 1.46. The van der Waals surface area contributed by atoms with E-state index in [9.17, 15) is 4.39 Å². The van der Waals surface area contributed by atoms with Crippen LogP contribution in [-0.4, -0.2) is 23.9 Å². The van der Waals surface area contributed by atoms with Crippen molar-refractivity contribution in [3.63, 3.8) is 0 Å². The van der Waals surface area contributed by atoms with Crippen LogP contribution in [-0.2, 0) is 0 Å². The number of hydrogen-bond acceptors (Lipinski definition) is 3. The summed E-state index contributed by atoms with van der Waals surface area (Å²) in [6, 6.07) is 6.21. The summed E-state index contributed by atoms with van der Waals surface area (Å²) in [6.07, 6.45) is 0. The van der Waals surface area contributed by atoms with Crippen molar-refractivity contribution in [1.29, 1.82) is 0 Å². The highest BCUT2D eigenvalue weighted by molar-refractivity contribution is 5.31. The molecule has 1 rings (SSSR count). The number of phenols is 1. The second-order valence-corrected chi connectivity index (χ2v) is 3.40. The van der Waals surface area contributed by atoms with Crippen molar-refractivity contribution >= 4 is 0 Å². The van der Waals surface area contributed by atoms with E-state index in [0.29, 0.717) is 5.75 Å². The molecule has 14 heavy (non-hydrogen) atoms. The van der Waals surface area contributed by atoms with Crippen LogP contribution in [0.25, 0.3) is 0 Å². The molecule has 1 atom stereocenters. The van der Waals surface area contributed by atoms with Crippen molar-refractivity contribution in [3.05, 3.63) is 24.3 Å². The van der Waals surface area contributed by atoms with Crippen LogP contribution in [0.15, 0.2) is 24.3 Å². The Labute approximate surface area is 82.3 Å². The summed E-state index contributed by atoms with van der Waals surface area (Å²) < 4.78 is 18.4. The molecule has 0 spiro atoms. The Hall–Kier alpha value is -1.29. The number of phenolic OH excluding ortho intramolecular Hbond substituents is 1. The Morgan fingerprint density at radius 2 is 2.29 bits per heavy atom. The number of hydrogen-bond donors (Lipinski definition) is 2. The number of halogens is 1. The minimum atomic E-state index is -1.54. The Morgan fingerprint density at radius 1 is 1.57 bits per heavy atom. The Morgan fingerprint density at radius 3 is 2.86 bits per heavy atom. The molecule has 78 valence electrons. The first kappa shape index (κ1) is 10.8. The van der Waals surface area contributed by atoms with E-state index in [-0.39, 0.29) is 18.9 Å². The van der Waals surface area contributed by atoms with E-state index in [1.54, 1.807) is 12.1 Å². The molecule has 0 saturated carbocycles. The maximum absolute atomic E-state index is 13.3. The summed E-state index contributed by atoms with van der Waals surface area (Å²) in [5, 5.41) is 9.10. The molecule has 0 aliphatic carbocycles. The highest BCUT2D eigenvalue weighted by Crippen LogP contribution is 2.19. The van der Waals surface area contributed by atoms with E-state index in [1.165, 1.54) is 19.1 Å². The van der Waals surface area contributed by atoms with Crippen LogP contribution in [0, 0.1) is 0 Å². The fourth-order valence-corrected chi connectivity index (χ4v) is 0.866. The van der Waals surface area contributed by atoms with Gasteiger partial charge in [-0.25, -0.2) is 4.39 Å². The lowest BCUT2D eigenvalue weighted by Gasteiger charge is -2.18. The lowest BCUT2D eigenvalue weighted by Crippen LogP contribution is -2.35. The summed E-state index contributed by atoms with van der Waals surface area (Å²) in [5.74, 6) is 0.526. The first-order chi connectivity index (χ1) is 6.53. The zero-order valence-electron chi connectivity index (χ0n) is 8.03. The first-order valence-corrected chi connectivity index (χ1v) is 4.34. The molecule has 0 aliphatic heterocycles. The van der Waals surface area contributed by atoms with E-state index >= 15 is 0 Å². The van der Waals surface area contributed by atoms with E-state index < -0.39 is 5.67 Å². The van der Waals surface area contributed by atoms with Gasteiger partial charge in [0.15, 0.2) is 5.67 Å². The third kappa shape index (κ3) is 3.22. The lowest BCUT2D eigenvalue weighted by molar-refractivity contribution is 0.110. The van der Waals surface area contributed by atoms with Gasteiger partial charge in [-0.2, -0.15) is 0 Å². The van der Waals surface area contributed by atoms with Crippen LogP contribution in [0.3, 0.4) is 0 Å². The monoisotopic (exact) mass is 199 g/mol. The van der Waals surface area contributed by atoms with Crippen molar-refractivity contribution in [2.75, 3.05) is 13.2 Å². The normalized spacial score (nSPS) is 14.8. The van der Waals surface area contributed by atoms with Crippen molar-refractivity contribution in [1.82, 2.24) is 0 Å². The molecule has 3 nitrogen and oxygen atoms in total. The number of nitrogens with two attached hydrogens (primary N) is 1. The maximum Gasteiger partial charge on any atom is 0.154 e. The smallest absolute Gasteiger partial charge is 0.154 e. The topological polar surface area (TPSA) is 55.5 Å². The third-order valence-electron chi connectivity index (χ3n) is 1.78. The van der Waals surface area contributed by atoms with Crippen molar-refractivity contribution in [3.8, 4) is 11.5 Å². The van der Waals surface area contributed by atoms with Gasteiger partial charge in [-0.3, -0.25) is 0 Å². The zero-order chi connectivity index (χ0) is 10.6. The molecule has 0 fully saturated rings. The number of alkyl halides is 1. The number of benzene rings is 1. The number of rotatable bonds is 4. The second kappa shape index (κ2) is 4.28. The van der Waals surface area contributed by atoms with E-state index in [2.05, 4.69) is 0 Å². The molecule has 0 aliphatic rings. The lowest BCUT2D eigenvalue weighted by atomic mass is 10.1. The van der Waals surface area contributed by atoms with Gasteiger partial charge in [0.05, 0.1) is 0 Å². The van der Waals surface area contributed by atoms with Gasteiger partial charge in [0, 0.05) is 12.6 Å².